The Morgan fingerprint density at radius 2 is 2.13 bits per heavy atom. The zero-order chi connectivity index (χ0) is 21.8. The Balaban J connectivity index is 1.23. The van der Waals surface area contributed by atoms with Crippen LogP contribution in [0.4, 0.5) is 4.39 Å². The van der Waals surface area contributed by atoms with Crippen LogP contribution in [0, 0.1) is 12.7 Å². The number of aryl methyl sites for hydroxylation is 1. The number of thiazole rings is 1. The molecule has 3 heterocycles. The molecule has 0 aliphatic carbocycles. The van der Waals surface area contributed by atoms with E-state index in [0.29, 0.717) is 6.54 Å². The van der Waals surface area contributed by atoms with Crippen LogP contribution in [0.2, 0.25) is 0 Å². The minimum atomic E-state index is -0.338. The molecule has 1 amide bonds. The lowest BCUT2D eigenvalue weighted by Gasteiger charge is -2.32. The number of methoxy groups -OCH3 is 1. The Kier molecular flexibility index (Phi) is 6.67. The third kappa shape index (κ3) is 5.51. The summed E-state index contributed by atoms with van der Waals surface area (Å²) in [4.78, 5) is 19.3. The number of hydrogen-bond donors (Lipinski definition) is 1. The fourth-order valence-corrected chi connectivity index (χ4v) is 4.58. The van der Waals surface area contributed by atoms with E-state index in [-0.39, 0.29) is 29.9 Å². The van der Waals surface area contributed by atoms with Crippen molar-refractivity contribution in [2.75, 3.05) is 20.2 Å². The van der Waals surface area contributed by atoms with Crippen molar-refractivity contribution in [3.05, 3.63) is 58.5 Å². The molecule has 0 spiro atoms. The Morgan fingerprint density at radius 1 is 1.32 bits per heavy atom. The van der Waals surface area contributed by atoms with E-state index in [0.717, 1.165) is 53.7 Å². The second-order valence-corrected chi connectivity index (χ2v) is 8.68. The van der Waals surface area contributed by atoms with Gasteiger partial charge in [0.25, 0.3) is 0 Å². The van der Waals surface area contributed by atoms with E-state index in [1.807, 2.05) is 30.5 Å². The summed E-state index contributed by atoms with van der Waals surface area (Å²) in [5, 5.41) is 5.83. The highest BCUT2D eigenvalue weighted by Gasteiger charge is 2.21. The number of nitrogens with zero attached hydrogens (tertiary/aromatic N) is 2. The van der Waals surface area contributed by atoms with E-state index in [9.17, 15) is 9.18 Å². The van der Waals surface area contributed by atoms with Gasteiger partial charge >= 0.3 is 0 Å². The van der Waals surface area contributed by atoms with E-state index < -0.39 is 0 Å². The first-order valence-corrected chi connectivity index (χ1v) is 11.2. The van der Waals surface area contributed by atoms with E-state index in [1.165, 1.54) is 24.5 Å². The highest BCUT2D eigenvalue weighted by atomic mass is 32.1. The van der Waals surface area contributed by atoms with Gasteiger partial charge in [-0.2, -0.15) is 0 Å². The minimum Gasteiger partial charge on any atom is -0.494 e. The van der Waals surface area contributed by atoms with Gasteiger partial charge in [-0.15, -0.1) is 11.3 Å². The number of carbonyl (C=O) groups is 1. The van der Waals surface area contributed by atoms with Crippen LogP contribution >= 0.6 is 11.3 Å². The maximum atomic E-state index is 13.9. The predicted molar refractivity (Wildman–Crippen MR) is 118 cm³/mol. The first-order chi connectivity index (χ1) is 15.0. The Hall–Kier alpha value is -2.71. The maximum absolute atomic E-state index is 13.9. The van der Waals surface area contributed by atoms with Crippen molar-refractivity contribution in [3.63, 3.8) is 0 Å². The number of nitrogens with one attached hydrogen (secondary N) is 1. The van der Waals surface area contributed by atoms with Crippen molar-refractivity contribution in [1.82, 2.24) is 15.2 Å². The molecule has 0 atom stereocenters. The zero-order valence-electron chi connectivity index (χ0n) is 17.7. The van der Waals surface area contributed by atoms with Crippen molar-refractivity contribution in [2.24, 2.45) is 0 Å². The fourth-order valence-electron chi connectivity index (χ4n) is 3.80. The molecule has 3 aromatic rings. The summed E-state index contributed by atoms with van der Waals surface area (Å²) in [5.74, 6) is 1.49. The molecule has 0 unspecified atom stereocenters. The molecule has 8 heteroatoms. The van der Waals surface area contributed by atoms with Gasteiger partial charge in [-0.3, -0.25) is 9.69 Å². The number of furan rings is 1. The van der Waals surface area contributed by atoms with Gasteiger partial charge in [0.2, 0.25) is 5.91 Å². The second-order valence-electron chi connectivity index (χ2n) is 7.82. The molecule has 164 valence electrons. The molecule has 1 saturated heterocycles. The van der Waals surface area contributed by atoms with E-state index in [2.05, 4.69) is 15.2 Å². The number of halogens is 1. The Labute approximate surface area is 185 Å². The predicted octanol–water partition coefficient (Wildman–Crippen LogP) is 4.18. The van der Waals surface area contributed by atoms with E-state index >= 15 is 0 Å². The lowest BCUT2D eigenvalue weighted by Crippen LogP contribution is -2.44. The van der Waals surface area contributed by atoms with E-state index in [4.69, 9.17) is 9.15 Å². The largest absolute Gasteiger partial charge is 0.494 e. The van der Waals surface area contributed by atoms with Crippen LogP contribution in [0.15, 0.2) is 40.1 Å². The molecular weight excluding hydrogens is 417 g/mol. The van der Waals surface area contributed by atoms with E-state index in [1.54, 1.807) is 6.07 Å². The van der Waals surface area contributed by atoms with Gasteiger partial charge in [-0.25, -0.2) is 9.37 Å². The van der Waals surface area contributed by atoms with Crippen molar-refractivity contribution >= 4 is 17.2 Å². The zero-order valence-corrected chi connectivity index (χ0v) is 18.5. The highest BCUT2D eigenvalue weighted by Crippen LogP contribution is 2.26. The summed E-state index contributed by atoms with van der Waals surface area (Å²) in [7, 11) is 1.46. The van der Waals surface area contributed by atoms with Crippen molar-refractivity contribution in [3.8, 4) is 16.5 Å². The molecule has 0 radical (unpaired) electrons. The third-order valence-corrected chi connectivity index (χ3v) is 6.33. The normalized spacial score (nSPS) is 15.2. The van der Waals surface area contributed by atoms with Crippen LogP contribution < -0.4 is 10.1 Å². The van der Waals surface area contributed by atoms with Gasteiger partial charge in [0.15, 0.2) is 22.3 Å². The minimum absolute atomic E-state index is 0.0110. The molecular formula is C23H26FN3O3S. The van der Waals surface area contributed by atoms with Crippen LogP contribution in [0.5, 0.6) is 5.75 Å². The Bertz CT molecular complexity index is 1040. The van der Waals surface area contributed by atoms with Gasteiger partial charge in [-0.05, 0) is 49.6 Å². The average Bonchev–Trinajstić information content (AvgIpc) is 3.38. The van der Waals surface area contributed by atoms with Gasteiger partial charge in [-0.1, -0.05) is 6.07 Å². The molecule has 1 fully saturated rings. The van der Waals surface area contributed by atoms with Crippen molar-refractivity contribution < 1.29 is 18.3 Å². The first kappa shape index (κ1) is 21.5. The number of amides is 1. The van der Waals surface area contributed by atoms with Crippen molar-refractivity contribution in [2.45, 2.75) is 38.8 Å². The topological polar surface area (TPSA) is 67.6 Å². The van der Waals surface area contributed by atoms with Crippen LogP contribution in [0.3, 0.4) is 0 Å². The molecule has 1 aliphatic rings. The number of carbonyl (C=O) groups excluding carboxylic acids is 1. The summed E-state index contributed by atoms with van der Waals surface area (Å²) < 4.78 is 24.5. The summed E-state index contributed by atoms with van der Waals surface area (Å²) in [6, 6.07) is 9.03. The smallest absolute Gasteiger partial charge is 0.226 e. The molecule has 0 bridgehead atoms. The highest BCUT2D eigenvalue weighted by molar-refractivity contribution is 7.13. The quantitative estimate of drug-likeness (QED) is 0.593. The van der Waals surface area contributed by atoms with Crippen LogP contribution in [-0.2, 0) is 17.8 Å². The number of likely N-dealkylation sites (tertiary alicyclic amines) is 1. The number of aromatic nitrogens is 1. The number of ether oxygens (including phenoxy) is 1. The fraction of sp³-hybridized carbons (Fsp3) is 0.391. The lowest BCUT2D eigenvalue weighted by molar-refractivity contribution is -0.121. The standard InChI is InChI=1S/C23H26FN3O3S/c1-15-3-5-21(30-15)23-26-18(14-31-23)12-22(28)25-17-7-9-27(10-8-17)13-16-4-6-20(29-2)19(24)11-16/h3-6,11,14,17H,7-10,12-13H2,1-2H3,(H,25,28). The summed E-state index contributed by atoms with van der Waals surface area (Å²) in [5.41, 5.74) is 1.68. The Morgan fingerprint density at radius 3 is 2.81 bits per heavy atom. The number of hydrogen-bond acceptors (Lipinski definition) is 6. The van der Waals surface area contributed by atoms with Crippen LogP contribution in [0.1, 0.15) is 29.9 Å². The van der Waals surface area contributed by atoms with Gasteiger partial charge in [0.05, 0.1) is 19.2 Å². The molecule has 6 nitrogen and oxygen atoms in total. The first-order valence-electron chi connectivity index (χ1n) is 10.4. The SMILES string of the molecule is COc1ccc(CN2CCC(NC(=O)Cc3csc(-c4ccc(C)o4)n3)CC2)cc1F. The number of benzene rings is 1. The monoisotopic (exact) mass is 443 g/mol. The molecule has 0 saturated carbocycles. The molecule has 1 N–H and O–H groups in total. The second kappa shape index (κ2) is 9.62. The van der Waals surface area contributed by atoms with Crippen LogP contribution in [0.25, 0.3) is 10.8 Å². The van der Waals surface area contributed by atoms with Gasteiger partial charge < -0.3 is 14.5 Å². The lowest BCUT2D eigenvalue weighted by atomic mass is 10.0. The average molecular weight is 444 g/mol. The number of piperidine rings is 1. The van der Waals surface area contributed by atoms with Crippen LogP contribution in [-0.4, -0.2) is 42.0 Å². The molecule has 1 aromatic carbocycles. The van der Waals surface area contributed by atoms with Gasteiger partial charge in [0.1, 0.15) is 5.76 Å². The summed E-state index contributed by atoms with van der Waals surface area (Å²) >= 11 is 1.48. The molecule has 4 rings (SSSR count). The van der Waals surface area contributed by atoms with Gasteiger partial charge in [0, 0.05) is 31.1 Å². The maximum Gasteiger partial charge on any atom is 0.226 e. The number of rotatable bonds is 7. The molecule has 2 aromatic heterocycles. The van der Waals surface area contributed by atoms with Crippen molar-refractivity contribution in [1.29, 1.82) is 0 Å². The molecule has 1 aliphatic heterocycles. The summed E-state index contributed by atoms with van der Waals surface area (Å²) in [6.07, 6.45) is 2.01. The molecule has 31 heavy (non-hydrogen) atoms. The summed E-state index contributed by atoms with van der Waals surface area (Å²) in [6.45, 7) is 4.30. The third-order valence-electron chi connectivity index (χ3n) is 5.42.